The monoisotopic (exact) mass is 273 g/mol. The van der Waals surface area contributed by atoms with Gasteiger partial charge in [-0.05, 0) is 44.7 Å². The number of aromatic nitrogens is 2. The van der Waals surface area contributed by atoms with E-state index in [2.05, 4.69) is 34.6 Å². The van der Waals surface area contributed by atoms with E-state index in [0.717, 1.165) is 48.7 Å². The molecule has 2 N–H and O–H groups in total. The molecule has 0 atom stereocenters. The molecule has 2 rings (SSSR count). The van der Waals surface area contributed by atoms with Gasteiger partial charge < -0.3 is 10.1 Å². The van der Waals surface area contributed by atoms with Gasteiger partial charge in [-0.25, -0.2) is 0 Å². The van der Waals surface area contributed by atoms with E-state index < -0.39 is 0 Å². The molecule has 20 heavy (non-hydrogen) atoms. The quantitative estimate of drug-likeness (QED) is 0.761. The summed E-state index contributed by atoms with van der Waals surface area (Å²) in [6.07, 6.45) is 2.24. The zero-order chi connectivity index (χ0) is 14.4. The molecule has 108 valence electrons. The van der Waals surface area contributed by atoms with Crippen LogP contribution in [0.5, 0.6) is 5.75 Å². The molecule has 4 heteroatoms. The Kier molecular flexibility index (Phi) is 5.18. The van der Waals surface area contributed by atoms with Gasteiger partial charge in [0.2, 0.25) is 0 Å². The fraction of sp³-hybridized carbons (Fsp3) is 0.438. The van der Waals surface area contributed by atoms with Crippen molar-refractivity contribution in [2.24, 2.45) is 0 Å². The summed E-state index contributed by atoms with van der Waals surface area (Å²) in [5.74, 6) is 0.921. The molecular weight excluding hydrogens is 250 g/mol. The highest BCUT2D eigenvalue weighted by Crippen LogP contribution is 2.25. The Balaban J connectivity index is 2.13. The minimum atomic E-state index is 0.780. The van der Waals surface area contributed by atoms with Gasteiger partial charge in [0, 0.05) is 23.4 Å². The van der Waals surface area contributed by atoms with Crippen LogP contribution in [0.1, 0.15) is 31.0 Å². The lowest BCUT2D eigenvalue weighted by atomic mass is 10.1. The van der Waals surface area contributed by atoms with Crippen molar-refractivity contribution in [3.8, 4) is 17.0 Å². The molecule has 1 heterocycles. The van der Waals surface area contributed by atoms with E-state index in [1.807, 2.05) is 26.1 Å². The van der Waals surface area contributed by atoms with Gasteiger partial charge in [0.15, 0.2) is 0 Å². The largest absolute Gasteiger partial charge is 0.494 e. The number of benzene rings is 1. The lowest BCUT2D eigenvalue weighted by Crippen LogP contribution is -2.06. The molecule has 0 fully saturated rings. The molecule has 0 amide bonds. The van der Waals surface area contributed by atoms with Gasteiger partial charge in [-0.3, -0.25) is 5.10 Å². The van der Waals surface area contributed by atoms with Crippen LogP contribution in [-0.2, 0) is 6.54 Å². The van der Waals surface area contributed by atoms with Gasteiger partial charge in [0.1, 0.15) is 5.75 Å². The van der Waals surface area contributed by atoms with Crippen molar-refractivity contribution < 1.29 is 4.74 Å². The maximum atomic E-state index is 5.68. The Bertz CT molecular complexity index is 531. The molecular formula is C16H23N3O. The molecule has 0 aliphatic rings. The summed E-state index contributed by atoms with van der Waals surface area (Å²) in [4.78, 5) is 0. The van der Waals surface area contributed by atoms with Crippen LogP contribution in [0, 0.1) is 6.92 Å². The number of ether oxygens (including phenoxy) is 1. The first-order chi connectivity index (χ1) is 9.76. The highest BCUT2D eigenvalue weighted by Gasteiger charge is 2.11. The molecule has 0 saturated carbocycles. The van der Waals surface area contributed by atoms with E-state index >= 15 is 0 Å². The normalized spacial score (nSPS) is 10.8. The minimum Gasteiger partial charge on any atom is -0.494 e. The van der Waals surface area contributed by atoms with Gasteiger partial charge in [0.25, 0.3) is 0 Å². The third-order valence-corrected chi connectivity index (χ3v) is 3.32. The fourth-order valence-corrected chi connectivity index (χ4v) is 2.13. The predicted octanol–water partition coefficient (Wildman–Crippen LogP) is 3.28. The van der Waals surface area contributed by atoms with Gasteiger partial charge in [-0.1, -0.05) is 13.3 Å². The molecule has 0 radical (unpaired) electrons. The van der Waals surface area contributed by atoms with Crippen molar-refractivity contribution in [2.45, 2.75) is 33.2 Å². The molecule has 0 aliphatic carbocycles. The first kappa shape index (κ1) is 14.6. The Morgan fingerprint density at radius 1 is 1.25 bits per heavy atom. The standard InChI is InChI=1S/C16H23N3O/c1-4-5-10-20-14-8-6-13(7-9-14)16-15(11-17-3)12(2)18-19-16/h6-9,17H,4-5,10-11H2,1-3H3,(H,18,19). The highest BCUT2D eigenvalue weighted by molar-refractivity contribution is 5.64. The number of hydrogen-bond acceptors (Lipinski definition) is 3. The number of aryl methyl sites for hydroxylation is 1. The zero-order valence-corrected chi connectivity index (χ0v) is 12.5. The van der Waals surface area contributed by atoms with Crippen molar-refractivity contribution in [1.82, 2.24) is 15.5 Å². The van der Waals surface area contributed by atoms with E-state index in [1.165, 1.54) is 5.56 Å². The lowest BCUT2D eigenvalue weighted by Gasteiger charge is -2.07. The van der Waals surface area contributed by atoms with Crippen LogP contribution in [0.2, 0.25) is 0 Å². The van der Waals surface area contributed by atoms with E-state index in [0.29, 0.717) is 0 Å². The smallest absolute Gasteiger partial charge is 0.119 e. The molecule has 0 unspecified atom stereocenters. The highest BCUT2D eigenvalue weighted by atomic mass is 16.5. The van der Waals surface area contributed by atoms with Crippen LogP contribution in [0.4, 0.5) is 0 Å². The summed E-state index contributed by atoms with van der Waals surface area (Å²) in [7, 11) is 1.95. The Hall–Kier alpha value is -1.81. The third-order valence-electron chi connectivity index (χ3n) is 3.32. The molecule has 0 spiro atoms. The maximum absolute atomic E-state index is 5.68. The summed E-state index contributed by atoms with van der Waals surface area (Å²) in [5.41, 5.74) is 4.45. The van der Waals surface area contributed by atoms with Gasteiger partial charge in [0.05, 0.1) is 12.3 Å². The van der Waals surface area contributed by atoms with Crippen LogP contribution in [0.15, 0.2) is 24.3 Å². The van der Waals surface area contributed by atoms with Crippen LogP contribution in [0.25, 0.3) is 11.3 Å². The number of H-pyrrole nitrogens is 1. The SMILES string of the molecule is CCCCOc1ccc(-c2n[nH]c(C)c2CNC)cc1. The second-order valence-corrected chi connectivity index (χ2v) is 4.93. The average molecular weight is 273 g/mol. The van der Waals surface area contributed by atoms with Crippen LogP contribution in [0.3, 0.4) is 0 Å². The van der Waals surface area contributed by atoms with E-state index in [1.54, 1.807) is 0 Å². The molecule has 1 aromatic carbocycles. The topological polar surface area (TPSA) is 49.9 Å². The third kappa shape index (κ3) is 3.39. The number of hydrogen-bond donors (Lipinski definition) is 2. The predicted molar refractivity (Wildman–Crippen MR) is 81.9 cm³/mol. The summed E-state index contributed by atoms with van der Waals surface area (Å²) in [6, 6.07) is 8.16. The second-order valence-electron chi connectivity index (χ2n) is 4.93. The van der Waals surface area contributed by atoms with Crippen molar-refractivity contribution in [2.75, 3.05) is 13.7 Å². The summed E-state index contributed by atoms with van der Waals surface area (Å²) in [5, 5.41) is 10.6. The summed E-state index contributed by atoms with van der Waals surface area (Å²) in [6.45, 7) is 5.80. The van der Waals surface area contributed by atoms with Gasteiger partial charge in [-0.15, -0.1) is 0 Å². The van der Waals surface area contributed by atoms with Crippen molar-refractivity contribution in [1.29, 1.82) is 0 Å². The van der Waals surface area contributed by atoms with Crippen LogP contribution >= 0.6 is 0 Å². The van der Waals surface area contributed by atoms with Gasteiger partial charge >= 0.3 is 0 Å². The van der Waals surface area contributed by atoms with Gasteiger partial charge in [-0.2, -0.15) is 5.10 Å². The zero-order valence-electron chi connectivity index (χ0n) is 12.5. The maximum Gasteiger partial charge on any atom is 0.119 e. The van der Waals surface area contributed by atoms with Crippen molar-refractivity contribution >= 4 is 0 Å². The summed E-state index contributed by atoms with van der Waals surface area (Å²) < 4.78 is 5.68. The average Bonchev–Trinajstić information content (AvgIpc) is 2.82. The first-order valence-corrected chi connectivity index (χ1v) is 7.18. The molecule has 0 aliphatic heterocycles. The second kappa shape index (κ2) is 7.10. The van der Waals surface area contributed by atoms with E-state index in [4.69, 9.17) is 4.74 Å². The number of nitrogens with zero attached hydrogens (tertiary/aromatic N) is 1. The lowest BCUT2D eigenvalue weighted by molar-refractivity contribution is 0.309. The molecule has 4 nitrogen and oxygen atoms in total. The molecule has 2 aromatic rings. The van der Waals surface area contributed by atoms with Crippen molar-refractivity contribution in [3.05, 3.63) is 35.5 Å². The van der Waals surface area contributed by atoms with Crippen LogP contribution < -0.4 is 10.1 Å². The Morgan fingerprint density at radius 2 is 2.00 bits per heavy atom. The van der Waals surface area contributed by atoms with Crippen molar-refractivity contribution in [3.63, 3.8) is 0 Å². The van der Waals surface area contributed by atoms with E-state index in [-0.39, 0.29) is 0 Å². The number of unbranched alkanes of at least 4 members (excludes halogenated alkanes) is 1. The van der Waals surface area contributed by atoms with Crippen LogP contribution in [-0.4, -0.2) is 23.9 Å². The molecule has 0 saturated heterocycles. The Morgan fingerprint density at radius 3 is 2.65 bits per heavy atom. The number of rotatable bonds is 7. The number of nitrogens with one attached hydrogen (secondary N) is 2. The fourth-order valence-electron chi connectivity index (χ4n) is 2.13. The number of aromatic amines is 1. The Labute approximate surface area is 120 Å². The minimum absolute atomic E-state index is 0.780. The molecule has 0 bridgehead atoms. The first-order valence-electron chi connectivity index (χ1n) is 7.18. The summed E-state index contributed by atoms with van der Waals surface area (Å²) >= 11 is 0. The molecule has 1 aromatic heterocycles. The van der Waals surface area contributed by atoms with E-state index in [9.17, 15) is 0 Å².